The van der Waals surface area contributed by atoms with Crippen LogP contribution in [0.1, 0.15) is 37.6 Å². The van der Waals surface area contributed by atoms with Crippen molar-refractivity contribution in [3.63, 3.8) is 0 Å². The second kappa shape index (κ2) is 5.42. The molecule has 2 heterocycles. The lowest BCUT2D eigenvalue weighted by atomic mass is 9.78. The quantitative estimate of drug-likeness (QED) is 0.904. The first-order chi connectivity index (χ1) is 9.74. The highest BCUT2D eigenvalue weighted by molar-refractivity contribution is 7.89. The van der Waals surface area contributed by atoms with Gasteiger partial charge in [0.15, 0.2) is 5.76 Å². The number of hydrogen-bond donors (Lipinski definition) is 1. The van der Waals surface area contributed by atoms with E-state index < -0.39 is 21.4 Å². The molecule has 8 heteroatoms. The highest BCUT2D eigenvalue weighted by Crippen LogP contribution is 2.36. The minimum Gasteiger partial charge on any atom is -0.481 e. The van der Waals surface area contributed by atoms with Crippen LogP contribution in [0.25, 0.3) is 0 Å². The summed E-state index contributed by atoms with van der Waals surface area (Å²) in [5.74, 6) is -0.709. The third-order valence-electron chi connectivity index (χ3n) is 4.24. The molecule has 1 fully saturated rings. The number of sulfonamides is 1. The van der Waals surface area contributed by atoms with E-state index in [1.165, 1.54) is 4.31 Å². The molecule has 1 aliphatic rings. The van der Waals surface area contributed by atoms with Crippen molar-refractivity contribution < 1.29 is 22.8 Å². The van der Waals surface area contributed by atoms with Crippen LogP contribution in [0, 0.1) is 19.3 Å². The van der Waals surface area contributed by atoms with Crippen LogP contribution in [0.4, 0.5) is 0 Å². The number of piperidine rings is 1. The molecular weight excluding hydrogens is 296 g/mol. The van der Waals surface area contributed by atoms with Gasteiger partial charge in [-0.15, -0.1) is 0 Å². The van der Waals surface area contributed by atoms with E-state index in [-0.39, 0.29) is 17.2 Å². The molecule has 0 aliphatic carbocycles. The van der Waals surface area contributed by atoms with Gasteiger partial charge in [-0.2, -0.15) is 4.31 Å². The molecule has 0 saturated carbocycles. The van der Waals surface area contributed by atoms with Crippen LogP contribution in [0.3, 0.4) is 0 Å². The van der Waals surface area contributed by atoms with Crippen LogP contribution in [-0.2, 0) is 14.8 Å². The van der Waals surface area contributed by atoms with Crippen molar-refractivity contribution in [2.75, 3.05) is 13.1 Å². The average Bonchev–Trinajstić information content (AvgIpc) is 2.78. The van der Waals surface area contributed by atoms with Crippen molar-refractivity contribution in [2.24, 2.45) is 5.41 Å². The monoisotopic (exact) mass is 316 g/mol. The Morgan fingerprint density at radius 3 is 2.62 bits per heavy atom. The molecule has 1 aromatic rings. The van der Waals surface area contributed by atoms with Gasteiger partial charge in [-0.25, -0.2) is 8.42 Å². The first-order valence-corrected chi connectivity index (χ1v) is 8.35. The molecule has 21 heavy (non-hydrogen) atoms. The summed E-state index contributed by atoms with van der Waals surface area (Å²) in [6.45, 7) is 5.20. The van der Waals surface area contributed by atoms with E-state index in [1.54, 1.807) is 20.8 Å². The summed E-state index contributed by atoms with van der Waals surface area (Å²) < 4.78 is 31.7. The van der Waals surface area contributed by atoms with Crippen molar-refractivity contribution in [1.29, 1.82) is 0 Å². The highest BCUT2D eigenvalue weighted by Gasteiger charge is 2.45. The standard InChI is InChI=1S/C13H20N2O5S/c1-4-13(12(16)17)6-5-7-15(8-13)21(18,19)11-9(2)14-20-10(11)3/h4-8H2,1-3H3,(H,16,17). The third-order valence-corrected chi connectivity index (χ3v) is 6.33. The molecule has 1 aliphatic heterocycles. The molecule has 0 bridgehead atoms. The van der Waals surface area contributed by atoms with Crippen molar-refractivity contribution in [2.45, 2.75) is 44.9 Å². The number of carboxylic acids is 1. The Morgan fingerprint density at radius 1 is 1.48 bits per heavy atom. The number of aliphatic carboxylic acids is 1. The van der Waals surface area contributed by atoms with E-state index in [9.17, 15) is 18.3 Å². The Kier molecular flexibility index (Phi) is 4.12. The summed E-state index contributed by atoms with van der Waals surface area (Å²) >= 11 is 0. The van der Waals surface area contributed by atoms with Crippen molar-refractivity contribution >= 4 is 16.0 Å². The van der Waals surface area contributed by atoms with E-state index in [0.717, 1.165) is 0 Å². The van der Waals surface area contributed by atoms with Crippen molar-refractivity contribution in [3.05, 3.63) is 11.5 Å². The largest absolute Gasteiger partial charge is 0.481 e. The van der Waals surface area contributed by atoms with Crippen LogP contribution >= 0.6 is 0 Å². The van der Waals surface area contributed by atoms with Crippen LogP contribution < -0.4 is 0 Å². The number of carboxylic acid groups (broad SMARTS) is 1. The van der Waals surface area contributed by atoms with Gasteiger partial charge in [0.1, 0.15) is 10.6 Å². The minimum atomic E-state index is -3.78. The number of aryl methyl sites for hydroxylation is 2. The van der Waals surface area contributed by atoms with E-state index >= 15 is 0 Å². The Balaban J connectivity index is 2.40. The van der Waals surface area contributed by atoms with Gasteiger partial charge in [-0.3, -0.25) is 4.79 Å². The van der Waals surface area contributed by atoms with Crippen LogP contribution in [0.15, 0.2) is 9.42 Å². The van der Waals surface area contributed by atoms with Crippen LogP contribution in [0.2, 0.25) is 0 Å². The third kappa shape index (κ3) is 2.57. The Morgan fingerprint density at radius 2 is 2.14 bits per heavy atom. The van der Waals surface area contributed by atoms with Crippen LogP contribution in [0.5, 0.6) is 0 Å². The molecule has 2 rings (SSSR count). The van der Waals surface area contributed by atoms with Gasteiger partial charge in [-0.05, 0) is 33.1 Å². The van der Waals surface area contributed by atoms with E-state index in [1.807, 2.05) is 0 Å². The van der Waals surface area contributed by atoms with Crippen molar-refractivity contribution in [1.82, 2.24) is 9.46 Å². The number of carbonyl (C=O) groups is 1. The maximum absolute atomic E-state index is 12.7. The fourth-order valence-electron chi connectivity index (χ4n) is 2.88. The van der Waals surface area contributed by atoms with Gasteiger partial charge in [0.05, 0.1) is 5.41 Å². The Bertz CT molecular complexity index is 632. The molecule has 0 radical (unpaired) electrons. The number of rotatable bonds is 4. The first-order valence-electron chi connectivity index (χ1n) is 6.91. The fraction of sp³-hybridized carbons (Fsp3) is 0.692. The number of hydrogen-bond acceptors (Lipinski definition) is 5. The highest BCUT2D eigenvalue weighted by atomic mass is 32.2. The van der Waals surface area contributed by atoms with E-state index in [4.69, 9.17) is 4.52 Å². The molecule has 0 amide bonds. The van der Waals surface area contributed by atoms with E-state index in [0.29, 0.717) is 31.5 Å². The fourth-order valence-corrected chi connectivity index (χ4v) is 4.74. The molecule has 7 nitrogen and oxygen atoms in total. The molecule has 0 spiro atoms. The minimum absolute atomic E-state index is 0.00870. The molecule has 1 atom stereocenters. The van der Waals surface area contributed by atoms with Gasteiger partial charge >= 0.3 is 5.97 Å². The normalized spacial score (nSPS) is 24.1. The zero-order valence-corrected chi connectivity index (χ0v) is 13.2. The summed E-state index contributed by atoms with van der Waals surface area (Å²) in [6.07, 6.45) is 1.42. The number of aromatic nitrogens is 1. The molecule has 0 aromatic carbocycles. The lowest BCUT2D eigenvalue weighted by molar-refractivity contribution is -0.151. The van der Waals surface area contributed by atoms with Gasteiger partial charge < -0.3 is 9.63 Å². The summed E-state index contributed by atoms with van der Waals surface area (Å²) in [7, 11) is -3.78. The molecule has 1 aromatic heterocycles. The second-order valence-corrected chi connectivity index (χ2v) is 7.41. The lowest BCUT2D eigenvalue weighted by Crippen LogP contribution is -2.49. The number of nitrogens with zero attached hydrogens (tertiary/aromatic N) is 2. The first kappa shape index (κ1) is 16.0. The van der Waals surface area contributed by atoms with Crippen molar-refractivity contribution in [3.8, 4) is 0 Å². The maximum Gasteiger partial charge on any atom is 0.310 e. The molecule has 118 valence electrons. The van der Waals surface area contributed by atoms with Gasteiger partial charge in [-0.1, -0.05) is 12.1 Å². The predicted octanol–water partition coefficient (Wildman–Crippen LogP) is 1.56. The molecular formula is C13H20N2O5S. The molecule has 1 unspecified atom stereocenters. The van der Waals surface area contributed by atoms with Gasteiger partial charge in [0.2, 0.25) is 10.0 Å². The lowest BCUT2D eigenvalue weighted by Gasteiger charge is -2.38. The Hall–Kier alpha value is -1.41. The van der Waals surface area contributed by atoms with Crippen LogP contribution in [-0.4, -0.2) is 42.0 Å². The zero-order valence-electron chi connectivity index (χ0n) is 12.4. The smallest absolute Gasteiger partial charge is 0.310 e. The zero-order chi connectivity index (χ0) is 15.8. The summed E-state index contributed by atoms with van der Waals surface area (Å²) in [4.78, 5) is 11.6. The SMILES string of the molecule is CCC1(C(=O)O)CCCN(S(=O)(=O)c2c(C)noc2C)C1. The topological polar surface area (TPSA) is 101 Å². The van der Waals surface area contributed by atoms with Gasteiger partial charge in [0, 0.05) is 13.1 Å². The summed E-state index contributed by atoms with van der Waals surface area (Å²) in [5, 5.41) is 13.1. The summed E-state index contributed by atoms with van der Waals surface area (Å²) in [6, 6.07) is 0. The second-order valence-electron chi connectivity index (χ2n) is 5.53. The average molecular weight is 316 g/mol. The summed E-state index contributed by atoms with van der Waals surface area (Å²) in [5.41, 5.74) is -0.708. The van der Waals surface area contributed by atoms with E-state index in [2.05, 4.69) is 5.16 Å². The molecule has 1 N–H and O–H groups in total. The predicted molar refractivity (Wildman–Crippen MR) is 74.3 cm³/mol. The van der Waals surface area contributed by atoms with Gasteiger partial charge in [0.25, 0.3) is 0 Å². The maximum atomic E-state index is 12.7. The Labute approximate surface area is 124 Å². The molecule has 1 saturated heterocycles.